The summed E-state index contributed by atoms with van der Waals surface area (Å²) in [6.45, 7) is 1.94. The molecule has 0 aliphatic carbocycles. The molecule has 0 heterocycles. The fourth-order valence-corrected chi connectivity index (χ4v) is 2.05. The fourth-order valence-electron chi connectivity index (χ4n) is 2.05. The summed E-state index contributed by atoms with van der Waals surface area (Å²) in [6.07, 6.45) is 3.22. The number of carbonyl (C=O) groups is 1. The lowest BCUT2D eigenvalue weighted by Gasteiger charge is -2.16. The molecular weight excluding hydrogens is 274 g/mol. The van der Waals surface area contributed by atoms with Crippen LogP contribution < -0.4 is 0 Å². The van der Waals surface area contributed by atoms with Crippen LogP contribution in [0.5, 0.6) is 0 Å². The number of carbonyl (C=O) groups excluding carboxylic acids is 1. The topological polar surface area (TPSA) is 29.5 Å². The molecule has 0 aliphatic heterocycles. The molecule has 0 unspecified atom stereocenters. The average Bonchev–Trinajstić information content (AvgIpc) is 2.55. The van der Waals surface area contributed by atoms with Crippen molar-refractivity contribution >= 4 is 12.0 Å². The lowest BCUT2D eigenvalue weighted by atomic mass is 10.2. The van der Waals surface area contributed by atoms with E-state index in [-0.39, 0.29) is 5.97 Å². The van der Waals surface area contributed by atoms with Crippen molar-refractivity contribution in [2.45, 2.75) is 6.54 Å². The van der Waals surface area contributed by atoms with Crippen LogP contribution in [0.15, 0.2) is 66.7 Å². The quantitative estimate of drug-likeness (QED) is 0.579. The first-order chi connectivity index (χ1) is 10.7. The SMILES string of the molecule is CN(CCOC(=O)C=Cc1ccccc1)Cc1ccccc1. The molecule has 2 rings (SSSR count). The predicted octanol–water partition coefficient (Wildman–Crippen LogP) is 3.38. The lowest BCUT2D eigenvalue weighted by Crippen LogP contribution is -2.23. The van der Waals surface area contributed by atoms with E-state index in [1.165, 1.54) is 11.6 Å². The standard InChI is InChI=1S/C19H21NO2/c1-20(16-18-10-6-3-7-11-18)14-15-22-19(21)13-12-17-8-4-2-5-9-17/h2-13H,14-16H2,1H3. The highest BCUT2D eigenvalue weighted by molar-refractivity contribution is 5.87. The van der Waals surface area contributed by atoms with Gasteiger partial charge in [0.2, 0.25) is 0 Å². The van der Waals surface area contributed by atoms with E-state index in [2.05, 4.69) is 17.0 Å². The van der Waals surface area contributed by atoms with Gasteiger partial charge in [-0.3, -0.25) is 4.90 Å². The first kappa shape index (κ1) is 16.0. The lowest BCUT2D eigenvalue weighted by molar-refractivity contribution is -0.138. The maximum absolute atomic E-state index is 11.6. The van der Waals surface area contributed by atoms with Crippen LogP contribution in [0.2, 0.25) is 0 Å². The number of likely N-dealkylation sites (N-methyl/N-ethyl adjacent to an activating group) is 1. The smallest absolute Gasteiger partial charge is 0.330 e. The summed E-state index contributed by atoms with van der Waals surface area (Å²) in [6, 6.07) is 19.9. The van der Waals surface area contributed by atoms with Gasteiger partial charge in [0, 0.05) is 19.2 Å². The van der Waals surface area contributed by atoms with Gasteiger partial charge >= 0.3 is 5.97 Å². The molecule has 2 aromatic rings. The predicted molar refractivity (Wildman–Crippen MR) is 89.2 cm³/mol. The third kappa shape index (κ3) is 5.94. The summed E-state index contributed by atoms with van der Waals surface area (Å²) in [5.41, 5.74) is 2.24. The molecule has 0 fully saturated rings. The molecule has 0 saturated carbocycles. The number of nitrogens with zero attached hydrogens (tertiary/aromatic N) is 1. The molecule has 3 nitrogen and oxygen atoms in total. The molecule has 0 atom stereocenters. The van der Waals surface area contributed by atoms with Gasteiger partial charge in [0.05, 0.1) is 0 Å². The molecule has 0 N–H and O–H groups in total. The van der Waals surface area contributed by atoms with E-state index < -0.39 is 0 Å². The van der Waals surface area contributed by atoms with Gasteiger partial charge in [-0.25, -0.2) is 4.79 Å². The number of hydrogen-bond acceptors (Lipinski definition) is 3. The third-order valence-corrected chi connectivity index (χ3v) is 3.22. The first-order valence-electron chi connectivity index (χ1n) is 7.36. The zero-order chi connectivity index (χ0) is 15.6. The van der Waals surface area contributed by atoms with Crippen molar-refractivity contribution in [2.24, 2.45) is 0 Å². The Labute approximate surface area is 131 Å². The van der Waals surface area contributed by atoms with Crippen molar-refractivity contribution in [1.29, 1.82) is 0 Å². The van der Waals surface area contributed by atoms with Crippen LogP contribution in [0.1, 0.15) is 11.1 Å². The molecule has 22 heavy (non-hydrogen) atoms. The molecule has 0 radical (unpaired) electrons. The summed E-state index contributed by atoms with van der Waals surface area (Å²) in [7, 11) is 2.01. The van der Waals surface area contributed by atoms with Gasteiger partial charge in [0.25, 0.3) is 0 Å². The normalized spacial score (nSPS) is 11.0. The summed E-state index contributed by atoms with van der Waals surface area (Å²) in [5.74, 6) is -0.308. The second-order valence-electron chi connectivity index (χ2n) is 5.13. The van der Waals surface area contributed by atoms with E-state index >= 15 is 0 Å². The van der Waals surface area contributed by atoms with E-state index in [9.17, 15) is 4.79 Å². The van der Waals surface area contributed by atoms with Crippen molar-refractivity contribution in [1.82, 2.24) is 4.90 Å². The molecule has 0 amide bonds. The Morgan fingerprint density at radius 1 is 1.05 bits per heavy atom. The van der Waals surface area contributed by atoms with E-state index in [4.69, 9.17) is 4.74 Å². The number of hydrogen-bond donors (Lipinski definition) is 0. The van der Waals surface area contributed by atoms with Gasteiger partial charge in [0.1, 0.15) is 6.61 Å². The summed E-state index contributed by atoms with van der Waals surface area (Å²) >= 11 is 0. The molecule has 3 heteroatoms. The summed E-state index contributed by atoms with van der Waals surface area (Å²) < 4.78 is 5.20. The van der Waals surface area contributed by atoms with E-state index in [1.807, 2.05) is 55.6 Å². The molecule has 2 aromatic carbocycles. The molecule has 0 bridgehead atoms. The Hall–Kier alpha value is -2.39. The first-order valence-corrected chi connectivity index (χ1v) is 7.36. The Morgan fingerprint density at radius 2 is 1.68 bits per heavy atom. The van der Waals surface area contributed by atoms with E-state index in [1.54, 1.807) is 6.08 Å². The van der Waals surface area contributed by atoms with Crippen LogP contribution in [-0.4, -0.2) is 31.1 Å². The van der Waals surface area contributed by atoms with Gasteiger partial charge in [-0.2, -0.15) is 0 Å². The largest absolute Gasteiger partial charge is 0.461 e. The monoisotopic (exact) mass is 295 g/mol. The highest BCUT2D eigenvalue weighted by atomic mass is 16.5. The second-order valence-corrected chi connectivity index (χ2v) is 5.13. The van der Waals surface area contributed by atoms with Gasteiger partial charge < -0.3 is 4.74 Å². The second kappa shape index (κ2) is 8.80. The van der Waals surface area contributed by atoms with Crippen molar-refractivity contribution in [3.05, 3.63) is 77.9 Å². The summed E-state index contributed by atoms with van der Waals surface area (Å²) in [4.78, 5) is 13.8. The average molecular weight is 295 g/mol. The number of rotatable bonds is 7. The van der Waals surface area contributed by atoms with E-state index in [0.29, 0.717) is 13.2 Å². The maximum Gasteiger partial charge on any atom is 0.330 e. The van der Waals surface area contributed by atoms with Crippen LogP contribution in [0, 0.1) is 0 Å². The molecule has 0 spiro atoms. The van der Waals surface area contributed by atoms with Crippen molar-refractivity contribution in [3.63, 3.8) is 0 Å². The van der Waals surface area contributed by atoms with Crippen LogP contribution in [0.4, 0.5) is 0 Å². The molecule has 0 aromatic heterocycles. The van der Waals surface area contributed by atoms with Crippen LogP contribution in [0.25, 0.3) is 6.08 Å². The van der Waals surface area contributed by atoms with Crippen LogP contribution >= 0.6 is 0 Å². The van der Waals surface area contributed by atoms with Crippen molar-refractivity contribution in [2.75, 3.05) is 20.2 Å². The Morgan fingerprint density at radius 3 is 2.36 bits per heavy atom. The van der Waals surface area contributed by atoms with Crippen LogP contribution in [0.3, 0.4) is 0 Å². The Kier molecular flexibility index (Phi) is 6.39. The highest BCUT2D eigenvalue weighted by Crippen LogP contribution is 2.03. The maximum atomic E-state index is 11.6. The highest BCUT2D eigenvalue weighted by Gasteiger charge is 2.02. The molecule has 114 valence electrons. The van der Waals surface area contributed by atoms with Gasteiger partial charge in [-0.1, -0.05) is 60.7 Å². The molecule has 0 saturated heterocycles. The zero-order valence-corrected chi connectivity index (χ0v) is 12.8. The van der Waals surface area contributed by atoms with E-state index in [0.717, 1.165) is 12.1 Å². The minimum absolute atomic E-state index is 0.308. The number of esters is 1. The van der Waals surface area contributed by atoms with Crippen molar-refractivity contribution < 1.29 is 9.53 Å². The zero-order valence-electron chi connectivity index (χ0n) is 12.8. The van der Waals surface area contributed by atoms with Gasteiger partial charge in [-0.15, -0.1) is 0 Å². The minimum atomic E-state index is -0.308. The third-order valence-electron chi connectivity index (χ3n) is 3.22. The molecular formula is C19H21NO2. The molecule has 0 aliphatic rings. The summed E-state index contributed by atoms with van der Waals surface area (Å²) in [5, 5.41) is 0. The number of benzene rings is 2. The van der Waals surface area contributed by atoms with Gasteiger partial charge in [-0.05, 0) is 24.3 Å². The Balaban J connectivity index is 1.67. The van der Waals surface area contributed by atoms with Crippen LogP contribution in [-0.2, 0) is 16.1 Å². The fraction of sp³-hybridized carbons (Fsp3) is 0.211. The van der Waals surface area contributed by atoms with Crippen molar-refractivity contribution in [3.8, 4) is 0 Å². The minimum Gasteiger partial charge on any atom is -0.461 e. The van der Waals surface area contributed by atoms with Gasteiger partial charge in [0.15, 0.2) is 0 Å². The Bertz CT molecular complexity index is 593. The number of ether oxygens (including phenoxy) is 1.